The Morgan fingerprint density at radius 3 is 2.68 bits per heavy atom. The molecule has 0 spiro atoms. The lowest BCUT2D eigenvalue weighted by Gasteiger charge is -2.20. The molecule has 1 aliphatic rings. The fraction of sp³-hybridized carbons (Fsp3) is 0.235. The highest BCUT2D eigenvalue weighted by atomic mass is 127. The summed E-state index contributed by atoms with van der Waals surface area (Å²) in [5, 5.41) is 10.8. The van der Waals surface area contributed by atoms with E-state index in [1.807, 2.05) is 29.6 Å². The lowest BCUT2D eigenvalue weighted by atomic mass is 9.97. The van der Waals surface area contributed by atoms with Crippen LogP contribution in [0.2, 0.25) is 0 Å². The Kier molecular flexibility index (Phi) is 5.03. The van der Waals surface area contributed by atoms with Crippen molar-refractivity contribution in [1.82, 2.24) is 0 Å². The van der Waals surface area contributed by atoms with E-state index in [1.165, 1.54) is 4.31 Å². The first-order chi connectivity index (χ1) is 11.8. The number of para-hydroxylation sites is 1. The third kappa shape index (κ3) is 3.38. The number of nitrogens with zero attached hydrogens (tertiary/aromatic N) is 1. The lowest BCUT2D eigenvalue weighted by Crippen LogP contribution is -2.85. The molecule has 3 N–H and O–H groups in total. The summed E-state index contributed by atoms with van der Waals surface area (Å²) in [5.74, 6) is -0.870. The second-order valence-corrected chi connectivity index (χ2v) is 9.04. The molecule has 0 radical (unpaired) electrons. The number of hydrogen-bond acceptors (Lipinski definition) is 3. The largest absolute Gasteiger partial charge is 0.481 e. The molecule has 0 bridgehead atoms. The third-order valence-electron chi connectivity index (χ3n) is 4.32. The summed E-state index contributed by atoms with van der Waals surface area (Å²) >= 11 is 2.10. The van der Waals surface area contributed by atoms with Crippen LogP contribution in [0, 0.1) is 3.57 Å². The zero-order valence-corrected chi connectivity index (χ0v) is 16.5. The van der Waals surface area contributed by atoms with Gasteiger partial charge in [-0.25, -0.2) is 8.42 Å². The summed E-state index contributed by atoms with van der Waals surface area (Å²) in [5.41, 5.74) is 2.16. The van der Waals surface area contributed by atoms with Gasteiger partial charge in [0.1, 0.15) is 6.04 Å². The van der Waals surface area contributed by atoms with Crippen LogP contribution in [0.3, 0.4) is 0 Å². The van der Waals surface area contributed by atoms with Gasteiger partial charge >= 0.3 is 5.97 Å². The average Bonchev–Trinajstić information content (AvgIpc) is 2.63. The molecule has 3 rings (SSSR count). The molecule has 0 saturated heterocycles. The van der Waals surface area contributed by atoms with Crippen LogP contribution in [-0.2, 0) is 14.8 Å². The fourth-order valence-electron chi connectivity index (χ4n) is 3.10. The summed E-state index contributed by atoms with van der Waals surface area (Å²) < 4.78 is 28.3. The van der Waals surface area contributed by atoms with Gasteiger partial charge in [0.25, 0.3) is 10.0 Å². The second-order valence-electron chi connectivity index (χ2n) is 5.86. The van der Waals surface area contributed by atoms with Gasteiger partial charge in [0.2, 0.25) is 0 Å². The molecule has 1 heterocycles. The molecule has 1 atom stereocenters. The van der Waals surface area contributed by atoms with Crippen LogP contribution >= 0.6 is 22.6 Å². The first-order valence-electron chi connectivity index (χ1n) is 7.75. The van der Waals surface area contributed by atoms with E-state index in [9.17, 15) is 13.2 Å². The van der Waals surface area contributed by atoms with E-state index in [4.69, 9.17) is 5.11 Å². The number of nitrogens with two attached hydrogens (primary N) is 1. The molecule has 0 fully saturated rings. The Balaban J connectivity index is 2.20. The average molecular weight is 473 g/mol. The molecule has 0 aliphatic carbocycles. The van der Waals surface area contributed by atoms with Gasteiger partial charge in [-0.1, -0.05) is 24.3 Å². The molecule has 132 valence electrons. The molecule has 1 aliphatic heterocycles. The Hall–Kier alpha value is -1.65. The molecule has 8 heteroatoms. The topological polar surface area (TPSA) is 91.3 Å². The van der Waals surface area contributed by atoms with Crippen LogP contribution in [0.5, 0.6) is 0 Å². The molecule has 2 aromatic carbocycles. The van der Waals surface area contributed by atoms with Crippen molar-refractivity contribution >= 4 is 44.3 Å². The monoisotopic (exact) mass is 473 g/mol. The van der Waals surface area contributed by atoms with E-state index in [1.54, 1.807) is 25.2 Å². The minimum absolute atomic E-state index is 0.0148. The number of fused-ring (bicyclic) bond motifs is 2. The zero-order chi connectivity index (χ0) is 18.2. The smallest absolute Gasteiger partial charge is 0.309 e. The van der Waals surface area contributed by atoms with E-state index >= 15 is 0 Å². The van der Waals surface area contributed by atoms with Crippen LogP contribution in [0.1, 0.15) is 23.6 Å². The highest BCUT2D eigenvalue weighted by Gasteiger charge is 2.36. The number of sulfonamides is 1. The maximum absolute atomic E-state index is 13.1. The number of hydrogen-bond donors (Lipinski definition) is 2. The summed E-state index contributed by atoms with van der Waals surface area (Å²) in [7, 11) is -2.12. The Labute approximate surface area is 160 Å². The number of benzene rings is 2. The molecular weight excluding hydrogens is 455 g/mol. The minimum Gasteiger partial charge on any atom is -0.481 e. The van der Waals surface area contributed by atoms with E-state index in [2.05, 4.69) is 22.6 Å². The van der Waals surface area contributed by atoms with Crippen molar-refractivity contribution < 1.29 is 23.6 Å². The third-order valence-corrected chi connectivity index (χ3v) is 6.82. The Morgan fingerprint density at radius 2 is 1.96 bits per heavy atom. The normalized spacial score (nSPS) is 18.2. The van der Waals surface area contributed by atoms with Crippen LogP contribution in [-0.4, -0.2) is 33.1 Å². The van der Waals surface area contributed by atoms with E-state index in [0.29, 0.717) is 17.8 Å². The van der Waals surface area contributed by atoms with Gasteiger partial charge in [0.15, 0.2) is 0 Å². The van der Waals surface area contributed by atoms with Gasteiger partial charge in [0.05, 0.1) is 23.5 Å². The molecule has 0 amide bonds. The number of carbonyl (C=O) groups is 1. The molecular formula is C17H18IN2O4S+. The van der Waals surface area contributed by atoms with Gasteiger partial charge in [-0.2, -0.15) is 0 Å². The molecule has 25 heavy (non-hydrogen) atoms. The molecule has 0 aromatic heterocycles. The maximum atomic E-state index is 13.1. The first kappa shape index (κ1) is 18.2. The summed E-state index contributed by atoms with van der Waals surface area (Å²) in [6.07, 6.45) is 0.0148. The molecule has 1 unspecified atom stereocenters. The van der Waals surface area contributed by atoms with Crippen molar-refractivity contribution in [2.75, 3.05) is 17.9 Å². The first-order valence-corrected chi connectivity index (χ1v) is 10.3. The predicted octanol–water partition coefficient (Wildman–Crippen LogP) is 1.56. The van der Waals surface area contributed by atoms with E-state index in [-0.39, 0.29) is 17.4 Å². The van der Waals surface area contributed by atoms with Crippen molar-refractivity contribution in [1.29, 1.82) is 0 Å². The van der Waals surface area contributed by atoms with Crippen molar-refractivity contribution in [3.8, 4) is 0 Å². The molecule has 2 aromatic rings. The van der Waals surface area contributed by atoms with Gasteiger partial charge in [-0.15, -0.1) is 0 Å². The molecule has 0 saturated carbocycles. The second kappa shape index (κ2) is 6.93. The van der Waals surface area contributed by atoms with Gasteiger partial charge in [-0.3, -0.25) is 9.10 Å². The zero-order valence-electron chi connectivity index (χ0n) is 13.5. The molecule has 6 nitrogen and oxygen atoms in total. The van der Waals surface area contributed by atoms with Crippen molar-refractivity contribution in [3.63, 3.8) is 0 Å². The van der Waals surface area contributed by atoms with Crippen molar-refractivity contribution in [2.45, 2.75) is 17.4 Å². The quantitative estimate of drug-likeness (QED) is 0.660. The number of anilines is 1. The van der Waals surface area contributed by atoms with Crippen molar-refractivity contribution in [3.05, 3.63) is 57.2 Å². The van der Waals surface area contributed by atoms with E-state index in [0.717, 1.165) is 9.13 Å². The SMILES string of the molecule is CN1c2ccccc2C([NH2+]CCC(=O)O)c2ccc(I)cc2S1(=O)=O. The highest BCUT2D eigenvalue weighted by molar-refractivity contribution is 14.1. The highest BCUT2D eigenvalue weighted by Crippen LogP contribution is 2.38. The van der Waals surface area contributed by atoms with Crippen LogP contribution in [0.15, 0.2) is 47.4 Å². The van der Waals surface area contributed by atoms with Crippen LogP contribution in [0.4, 0.5) is 5.69 Å². The summed E-state index contributed by atoms with van der Waals surface area (Å²) in [6, 6.07) is 12.5. The summed E-state index contributed by atoms with van der Waals surface area (Å²) in [4.78, 5) is 11.1. The van der Waals surface area contributed by atoms with E-state index < -0.39 is 16.0 Å². The van der Waals surface area contributed by atoms with Gasteiger partial charge < -0.3 is 10.4 Å². The van der Waals surface area contributed by atoms with Crippen molar-refractivity contribution in [2.24, 2.45) is 0 Å². The lowest BCUT2D eigenvalue weighted by molar-refractivity contribution is -0.686. The number of quaternary nitrogens is 1. The fourth-order valence-corrected chi connectivity index (χ4v) is 5.29. The van der Waals surface area contributed by atoms with Crippen LogP contribution < -0.4 is 9.62 Å². The number of carboxylic acid groups (broad SMARTS) is 1. The number of halogens is 1. The standard InChI is InChI=1S/C17H17IN2O4S/c1-20-14-5-3-2-4-12(14)17(19-9-8-16(21)22)13-7-6-11(18)10-15(13)25(20,23)24/h2-7,10,17,19H,8-9H2,1H3,(H,21,22)/p+1. The Bertz CT molecular complexity index is 930. The predicted molar refractivity (Wildman–Crippen MR) is 102 cm³/mol. The number of carboxylic acids is 1. The summed E-state index contributed by atoms with van der Waals surface area (Å²) in [6.45, 7) is 0.365. The minimum atomic E-state index is -3.68. The maximum Gasteiger partial charge on any atom is 0.309 e. The van der Waals surface area contributed by atoms with Crippen LogP contribution in [0.25, 0.3) is 0 Å². The number of rotatable bonds is 4. The Morgan fingerprint density at radius 1 is 1.24 bits per heavy atom. The van der Waals surface area contributed by atoms with Gasteiger partial charge in [-0.05, 0) is 40.8 Å². The van der Waals surface area contributed by atoms with Gasteiger partial charge in [0, 0.05) is 21.7 Å². The number of aliphatic carboxylic acids is 1.